The average Bonchev–Trinajstić information content (AvgIpc) is 2.97. The van der Waals surface area contributed by atoms with Gasteiger partial charge >= 0.3 is 6.03 Å². The molecule has 2 heterocycles. The molecule has 0 saturated carbocycles. The van der Waals surface area contributed by atoms with E-state index in [1.807, 2.05) is 26.0 Å². The third kappa shape index (κ3) is 2.07. The Bertz CT molecular complexity index is 656. The van der Waals surface area contributed by atoms with Crippen LogP contribution in [0.1, 0.15) is 27.9 Å². The fourth-order valence-corrected chi connectivity index (χ4v) is 2.95. The van der Waals surface area contributed by atoms with Crippen molar-refractivity contribution in [3.63, 3.8) is 0 Å². The van der Waals surface area contributed by atoms with E-state index in [9.17, 15) is 14.4 Å². The molecular weight excluding hydrogens is 270 g/mol. The highest BCUT2D eigenvalue weighted by Gasteiger charge is 2.51. The van der Waals surface area contributed by atoms with E-state index in [4.69, 9.17) is 0 Å². The Kier molecular flexibility index (Phi) is 2.97. The van der Waals surface area contributed by atoms with Crippen LogP contribution >= 0.6 is 0 Å². The van der Waals surface area contributed by atoms with E-state index in [1.165, 1.54) is 0 Å². The molecule has 2 N–H and O–H groups in total. The van der Waals surface area contributed by atoms with Gasteiger partial charge in [0.15, 0.2) is 0 Å². The molecule has 21 heavy (non-hydrogen) atoms. The maximum Gasteiger partial charge on any atom is 0.322 e. The van der Waals surface area contributed by atoms with Gasteiger partial charge in [0, 0.05) is 12.1 Å². The molecule has 1 unspecified atom stereocenters. The summed E-state index contributed by atoms with van der Waals surface area (Å²) in [6.45, 7) is 4.55. The van der Waals surface area contributed by atoms with Crippen LogP contribution in [0.2, 0.25) is 0 Å². The fraction of sp³-hybridized carbons (Fsp3) is 0.400. The van der Waals surface area contributed by atoms with Gasteiger partial charge in [-0.05, 0) is 37.5 Å². The number of aryl methyl sites for hydroxylation is 1. The van der Waals surface area contributed by atoms with Gasteiger partial charge in [-0.2, -0.15) is 0 Å². The molecule has 1 aromatic carbocycles. The zero-order valence-corrected chi connectivity index (χ0v) is 12.0. The number of amides is 4. The first-order valence-corrected chi connectivity index (χ1v) is 6.92. The number of likely N-dealkylation sites (tertiary alicyclic amines) is 1. The van der Waals surface area contributed by atoms with Crippen molar-refractivity contribution in [3.05, 3.63) is 34.9 Å². The molecule has 2 saturated heterocycles. The third-order valence-electron chi connectivity index (χ3n) is 4.41. The Morgan fingerprint density at radius 2 is 2.05 bits per heavy atom. The molecule has 2 aliphatic heterocycles. The van der Waals surface area contributed by atoms with Crippen LogP contribution in [0.25, 0.3) is 0 Å². The van der Waals surface area contributed by atoms with Gasteiger partial charge in [0.2, 0.25) is 0 Å². The van der Waals surface area contributed by atoms with Crippen molar-refractivity contribution in [2.24, 2.45) is 0 Å². The lowest BCUT2D eigenvalue weighted by Crippen LogP contribution is -2.49. The van der Waals surface area contributed by atoms with Crippen LogP contribution in [0.5, 0.6) is 0 Å². The maximum atomic E-state index is 12.6. The number of hydrogen-bond donors (Lipinski definition) is 2. The monoisotopic (exact) mass is 287 g/mol. The van der Waals surface area contributed by atoms with Gasteiger partial charge in [-0.3, -0.25) is 14.9 Å². The minimum Gasteiger partial charge on any atom is -0.336 e. The summed E-state index contributed by atoms with van der Waals surface area (Å²) in [6, 6.07) is 5.12. The van der Waals surface area contributed by atoms with E-state index in [0.29, 0.717) is 18.5 Å². The molecule has 6 nitrogen and oxygen atoms in total. The van der Waals surface area contributed by atoms with Crippen molar-refractivity contribution in [2.75, 3.05) is 13.1 Å². The van der Waals surface area contributed by atoms with Crippen molar-refractivity contribution in [1.29, 1.82) is 0 Å². The van der Waals surface area contributed by atoms with Crippen molar-refractivity contribution in [3.8, 4) is 0 Å². The van der Waals surface area contributed by atoms with Crippen LogP contribution in [-0.4, -0.2) is 41.4 Å². The first kappa shape index (κ1) is 13.6. The van der Waals surface area contributed by atoms with E-state index < -0.39 is 11.6 Å². The van der Waals surface area contributed by atoms with Gasteiger partial charge in [-0.15, -0.1) is 0 Å². The molecule has 0 aliphatic carbocycles. The van der Waals surface area contributed by atoms with Crippen LogP contribution in [0, 0.1) is 13.8 Å². The number of hydrogen-bond acceptors (Lipinski definition) is 3. The molecule has 2 aliphatic rings. The molecule has 3 rings (SSSR count). The molecule has 2 fully saturated rings. The lowest BCUT2D eigenvalue weighted by atomic mass is 9.99. The highest BCUT2D eigenvalue weighted by atomic mass is 16.2. The zero-order chi connectivity index (χ0) is 15.2. The van der Waals surface area contributed by atoms with Gasteiger partial charge in [0.05, 0.1) is 6.54 Å². The molecule has 0 bridgehead atoms. The van der Waals surface area contributed by atoms with Crippen LogP contribution in [-0.2, 0) is 4.79 Å². The van der Waals surface area contributed by atoms with Crippen molar-refractivity contribution in [2.45, 2.75) is 25.8 Å². The number of nitrogens with zero attached hydrogens (tertiary/aromatic N) is 1. The predicted octanol–water partition coefficient (Wildman–Crippen LogP) is 0.728. The van der Waals surface area contributed by atoms with E-state index >= 15 is 0 Å². The minimum absolute atomic E-state index is 0.0953. The minimum atomic E-state index is -0.954. The quantitative estimate of drug-likeness (QED) is 0.747. The van der Waals surface area contributed by atoms with Gasteiger partial charge in [-0.1, -0.05) is 12.1 Å². The second-order valence-corrected chi connectivity index (χ2v) is 5.71. The Labute approximate surface area is 122 Å². The molecule has 1 aromatic rings. The zero-order valence-electron chi connectivity index (χ0n) is 12.0. The van der Waals surface area contributed by atoms with Crippen LogP contribution in [0.3, 0.4) is 0 Å². The van der Waals surface area contributed by atoms with Gasteiger partial charge < -0.3 is 10.2 Å². The largest absolute Gasteiger partial charge is 0.336 e. The van der Waals surface area contributed by atoms with Crippen LogP contribution < -0.4 is 10.6 Å². The molecule has 1 spiro atoms. The number of carbonyl (C=O) groups excluding carboxylic acids is 3. The summed E-state index contributed by atoms with van der Waals surface area (Å²) in [5.74, 6) is -0.439. The average molecular weight is 287 g/mol. The van der Waals surface area contributed by atoms with Gasteiger partial charge in [0.25, 0.3) is 11.8 Å². The first-order valence-electron chi connectivity index (χ1n) is 6.92. The fourth-order valence-electron chi connectivity index (χ4n) is 2.95. The smallest absolute Gasteiger partial charge is 0.322 e. The number of urea groups is 1. The van der Waals surface area contributed by atoms with E-state index in [-0.39, 0.29) is 18.4 Å². The van der Waals surface area contributed by atoms with E-state index in [2.05, 4.69) is 10.6 Å². The summed E-state index contributed by atoms with van der Waals surface area (Å²) >= 11 is 0. The Balaban J connectivity index is 1.83. The first-order chi connectivity index (χ1) is 9.93. The molecule has 0 radical (unpaired) electrons. The molecule has 110 valence electrons. The Hall–Kier alpha value is -2.37. The summed E-state index contributed by atoms with van der Waals surface area (Å²) < 4.78 is 0. The number of rotatable bonds is 1. The highest BCUT2D eigenvalue weighted by molar-refractivity contribution is 6.08. The summed E-state index contributed by atoms with van der Waals surface area (Å²) in [5.41, 5.74) is 1.70. The standard InChI is InChI=1S/C15H17N3O3/c1-9-4-3-5-11(10(9)2)12(19)18-7-6-15(8-18)13(20)16-14(21)17-15/h3-5H,6-8H2,1-2H3,(H2,16,17,20,21). The Morgan fingerprint density at radius 3 is 2.71 bits per heavy atom. The van der Waals surface area contributed by atoms with Crippen molar-refractivity contribution >= 4 is 17.8 Å². The number of imide groups is 1. The lowest BCUT2D eigenvalue weighted by Gasteiger charge is -2.22. The molecule has 4 amide bonds. The maximum absolute atomic E-state index is 12.6. The topological polar surface area (TPSA) is 78.5 Å². The summed E-state index contributed by atoms with van der Waals surface area (Å²) in [4.78, 5) is 37.5. The summed E-state index contributed by atoms with van der Waals surface area (Å²) in [6.07, 6.45) is 0.446. The summed E-state index contributed by atoms with van der Waals surface area (Å²) in [7, 11) is 0. The molecule has 0 aromatic heterocycles. The number of benzene rings is 1. The SMILES string of the molecule is Cc1cccc(C(=O)N2CCC3(C2)NC(=O)NC3=O)c1C. The lowest BCUT2D eigenvalue weighted by molar-refractivity contribution is -0.123. The van der Waals surface area contributed by atoms with Gasteiger partial charge in [-0.25, -0.2) is 4.79 Å². The Morgan fingerprint density at radius 1 is 1.29 bits per heavy atom. The second-order valence-electron chi connectivity index (χ2n) is 5.71. The molecule has 6 heteroatoms. The normalized spacial score (nSPS) is 24.4. The summed E-state index contributed by atoms with van der Waals surface area (Å²) in [5, 5.41) is 4.89. The van der Waals surface area contributed by atoms with E-state index in [0.717, 1.165) is 11.1 Å². The molecule has 1 atom stereocenters. The third-order valence-corrected chi connectivity index (χ3v) is 4.41. The second kappa shape index (κ2) is 4.58. The number of nitrogens with one attached hydrogen (secondary N) is 2. The van der Waals surface area contributed by atoms with Crippen molar-refractivity contribution in [1.82, 2.24) is 15.5 Å². The van der Waals surface area contributed by atoms with Crippen LogP contribution in [0.4, 0.5) is 4.79 Å². The van der Waals surface area contributed by atoms with Crippen molar-refractivity contribution < 1.29 is 14.4 Å². The van der Waals surface area contributed by atoms with E-state index in [1.54, 1.807) is 11.0 Å². The molecular formula is C15H17N3O3. The van der Waals surface area contributed by atoms with Gasteiger partial charge in [0.1, 0.15) is 5.54 Å². The van der Waals surface area contributed by atoms with Crippen LogP contribution in [0.15, 0.2) is 18.2 Å². The highest BCUT2D eigenvalue weighted by Crippen LogP contribution is 2.26. The number of carbonyl (C=O) groups is 3. The predicted molar refractivity (Wildman–Crippen MR) is 75.8 cm³/mol.